The van der Waals surface area contributed by atoms with Crippen molar-refractivity contribution in [3.8, 4) is 5.75 Å². The highest BCUT2D eigenvalue weighted by atomic mass is 28.4. The third-order valence-electron chi connectivity index (χ3n) is 4.56. The summed E-state index contributed by atoms with van der Waals surface area (Å²) in [4.78, 5) is 28.6. The molecule has 2 aromatic carbocycles. The molecule has 0 saturated carbocycles. The van der Waals surface area contributed by atoms with Crippen LogP contribution in [-0.4, -0.2) is 44.2 Å². The van der Waals surface area contributed by atoms with Gasteiger partial charge in [0.25, 0.3) is 5.91 Å². The van der Waals surface area contributed by atoms with E-state index < -0.39 is 13.9 Å². The van der Waals surface area contributed by atoms with Crippen molar-refractivity contribution in [3.63, 3.8) is 0 Å². The molecule has 5 nitrogen and oxygen atoms in total. The zero-order chi connectivity index (χ0) is 19.1. The maximum atomic E-state index is 13.3. The first-order valence-corrected chi connectivity index (χ1v) is 12.0. The number of urea groups is 1. The van der Waals surface area contributed by atoms with Crippen LogP contribution in [0, 0.1) is 0 Å². The molecule has 1 aliphatic heterocycles. The van der Waals surface area contributed by atoms with Crippen LogP contribution in [0.2, 0.25) is 19.6 Å². The highest BCUT2D eigenvalue weighted by Gasteiger charge is 2.56. The number of carbonyl (C=O) groups is 2. The molecule has 0 aromatic heterocycles. The number of hydrogen-bond donors (Lipinski definition) is 0. The van der Waals surface area contributed by atoms with Crippen molar-refractivity contribution in [1.29, 1.82) is 0 Å². The van der Waals surface area contributed by atoms with Gasteiger partial charge in [-0.25, -0.2) is 4.79 Å². The minimum Gasteiger partial charge on any atom is -0.544 e. The lowest BCUT2D eigenvalue weighted by Crippen LogP contribution is -2.46. The van der Waals surface area contributed by atoms with Crippen molar-refractivity contribution in [3.05, 3.63) is 65.7 Å². The number of benzene rings is 2. The van der Waals surface area contributed by atoms with Crippen molar-refractivity contribution in [2.45, 2.75) is 25.2 Å². The molecule has 2 aromatic rings. The number of nitrogens with zero attached hydrogens (tertiary/aromatic N) is 2. The Morgan fingerprint density at radius 3 is 2.04 bits per heavy atom. The summed E-state index contributed by atoms with van der Waals surface area (Å²) in [5, 5.41) is 0. The van der Waals surface area contributed by atoms with Crippen LogP contribution < -0.4 is 4.43 Å². The van der Waals surface area contributed by atoms with Crippen LogP contribution in [-0.2, 0) is 10.3 Å². The number of imide groups is 1. The van der Waals surface area contributed by atoms with Crippen LogP contribution in [0.15, 0.2) is 54.6 Å². The topological polar surface area (TPSA) is 49.9 Å². The molecule has 26 heavy (non-hydrogen) atoms. The van der Waals surface area contributed by atoms with Gasteiger partial charge in [0, 0.05) is 14.1 Å². The third kappa shape index (κ3) is 2.80. The number of likely N-dealkylation sites (N-methyl/N-ethyl adjacent to an activating group) is 2. The summed E-state index contributed by atoms with van der Waals surface area (Å²) >= 11 is 0. The summed E-state index contributed by atoms with van der Waals surface area (Å²) in [7, 11) is 1.39. The largest absolute Gasteiger partial charge is 0.544 e. The molecule has 0 N–H and O–H groups in total. The monoisotopic (exact) mass is 368 g/mol. The molecular formula is C20H24N2O3Si. The Morgan fingerprint density at radius 1 is 0.885 bits per heavy atom. The fourth-order valence-electron chi connectivity index (χ4n) is 3.46. The third-order valence-corrected chi connectivity index (χ3v) is 5.41. The predicted octanol–water partition coefficient (Wildman–Crippen LogP) is 3.67. The molecule has 1 heterocycles. The molecule has 0 bridgehead atoms. The van der Waals surface area contributed by atoms with Crippen molar-refractivity contribution in [2.24, 2.45) is 0 Å². The van der Waals surface area contributed by atoms with Crippen molar-refractivity contribution in [1.82, 2.24) is 9.80 Å². The summed E-state index contributed by atoms with van der Waals surface area (Å²) < 4.78 is 6.12. The van der Waals surface area contributed by atoms with E-state index >= 15 is 0 Å². The van der Waals surface area contributed by atoms with Crippen LogP contribution in [0.4, 0.5) is 4.79 Å². The van der Waals surface area contributed by atoms with E-state index in [1.165, 1.54) is 16.8 Å². The van der Waals surface area contributed by atoms with Gasteiger partial charge in [-0.3, -0.25) is 9.69 Å². The van der Waals surface area contributed by atoms with Crippen LogP contribution >= 0.6 is 0 Å². The summed E-state index contributed by atoms with van der Waals surface area (Å²) in [5.74, 6) is 0.460. The highest BCUT2D eigenvalue weighted by Crippen LogP contribution is 2.42. The second-order valence-electron chi connectivity index (χ2n) is 7.52. The van der Waals surface area contributed by atoms with E-state index in [4.69, 9.17) is 4.43 Å². The molecule has 6 heteroatoms. The van der Waals surface area contributed by atoms with E-state index in [-0.39, 0.29) is 11.9 Å². The number of amides is 3. The van der Waals surface area contributed by atoms with Gasteiger partial charge in [0.05, 0.1) is 0 Å². The van der Waals surface area contributed by atoms with Gasteiger partial charge in [-0.2, -0.15) is 0 Å². The fourth-order valence-corrected chi connectivity index (χ4v) is 4.29. The Morgan fingerprint density at radius 2 is 1.50 bits per heavy atom. The molecule has 1 atom stereocenters. The molecule has 3 rings (SSSR count). The molecule has 1 fully saturated rings. The van der Waals surface area contributed by atoms with Crippen LogP contribution in [0.5, 0.6) is 5.75 Å². The molecular weight excluding hydrogens is 344 g/mol. The first-order valence-electron chi connectivity index (χ1n) is 8.59. The van der Waals surface area contributed by atoms with E-state index in [9.17, 15) is 9.59 Å². The molecule has 136 valence electrons. The Kier molecular flexibility index (Phi) is 4.40. The second-order valence-corrected chi connectivity index (χ2v) is 12.0. The minimum absolute atomic E-state index is 0.263. The molecule has 1 aliphatic rings. The number of carbonyl (C=O) groups excluding carboxylic acids is 2. The SMILES string of the molecule is CN1C(=O)N(C)C(c2ccccc2)(c2cccc(O[Si](C)(C)C)c2)C1=O. The predicted molar refractivity (Wildman–Crippen MR) is 104 cm³/mol. The van der Waals surface area contributed by atoms with Gasteiger partial charge in [-0.15, -0.1) is 0 Å². The van der Waals surface area contributed by atoms with Gasteiger partial charge in [-0.05, 0) is 42.9 Å². The average molecular weight is 369 g/mol. The lowest BCUT2D eigenvalue weighted by Gasteiger charge is -2.34. The highest BCUT2D eigenvalue weighted by molar-refractivity contribution is 6.70. The second kappa shape index (κ2) is 6.28. The zero-order valence-electron chi connectivity index (χ0n) is 15.8. The maximum absolute atomic E-state index is 13.3. The van der Waals surface area contributed by atoms with E-state index in [1.54, 1.807) is 7.05 Å². The molecule has 0 spiro atoms. The molecule has 1 saturated heterocycles. The lowest BCUT2D eigenvalue weighted by molar-refractivity contribution is -0.130. The van der Waals surface area contributed by atoms with Crippen LogP contribution in [0.1, 0.15) is 11.1 Å². The Bertz CT molecular complexity index is 848. The Hall–Kier alpha value is -2.60. The van der Waals surface area contributed by atoms with Gasteiger partial charge >= 0.3 is 6.03 Å². The van der Waals surface area contributed by atoms with Crippen molar-refractivity contribution in [2.75, 3.05) is 14.1 Å². The summed E-state index contributed by atoms with van der Waals surface area (Å²) in [6.45, 7) is 6.32. The van der Waals surface area contributed by atoms with Crippen LogP contribution in [0.3, 0.4) is 0 Å². The Labute approximate surface area is 155 Å². The number of hydrogen-bond acceptors (Lipinski definition) is 3. The molecule has 1 unspecified atom stereocenters. The smallest absolute Gasteiger partial charge is 0.327 e. The molecule has 0 radical (unpaired) electrons. The molecule has 0 aliphatic carbocycles. The first-order chi connectivity index (χ1) is 12.2. The minimum atomic E-state index is -1.80. The lowest BCUT2D eigenvalue weighted by atomic mass is 9.81. The van der Waals surface area contributed by atoms with E-state index in [1.807, 2.05) is 54.6 Å². The van der Waals surface area contributed by atoms with Gasteiger partial charge in [0.2, 0.25) is 8.32 Å². The molecule has 3 amide bonds. The average Bonchev–Trinajstić information content (AvgIpc) is 2.76. The van der Waals surface area contributed by atoms with Gasteiger partial charge in [0.15, 0.2) is 5.54 Å². The fraction of sp³-hybridized carbons (Fsp3) is 0.300. The van der Waals surface area contributed by atoms with E-state index in [0.717, 1.165) is 16.9 Å². The van der Waals surface area contributed by atoms with Gasteiger partial charge < -0.3 is 9.33 Å². The van der Waals surface area contributed by atoms with E-state index in [2.05, 4.69) is 19.6 Å². The van der Waals surface area contributed by atoms with Gasteiger partial charge in [0.1, 0.15) is 5.75 Å². The van der Waals surface area contributed by atoms with Gasteiger partial charge in [-0.1, -0.05) is 42.5 Å². The summed E-state index contributed by atoms with van der Waals surface area (Å²) in [6.07, 6.45) is 0. The number of rotatable bonds is 4. The maximum Gasteiger partial charge on any atom is 0.327 e. The normalized spacial score (nSPS) is 20.7. The first kappa shape index (κ1) is 18.2. The van der Waals surface area contributed by atoms with Crippen molar-refractivity contribution >= 4 is 20.3 Å². The van der Waals surface area contributed by atoms with E-state index in [0.29, 0.717) is 0 Å². The standard InChI is InChI=1S/C20H24N2O3Si/c1-21-18(23)20(22(2)19(21)24,15-10-7-6-8-11-15)16-12-9-13-17(14-16)25-26(3,4)5/h6-14H,1-5H3. The quantitative estimate of drug-likeness (QED) is 0.611. The van der Waals surface area contributed by atoms with Crippen molar-refractivity contribution < 1.29 is 14.0 Å². The Balaban J connectivity index is 2.23. The zero-order valence-corrected chi connectivity index (χ0v) is 16.8. The summed E-state index contributed by atoms with van der Waals surface area (Å²) in [5.41, 5.74) is 0.298. The van der Waals surface area contributed by atoms with Crippen LogP contribution in [0.25, 0.3) is 0 Å². The summed E-state index contributed by atoms with van der Waals surface area (Å²) in [6, 6.07) is 16.6.